The van der Waals surface area contributed by atoms with Gasteiger partial charge in [-0.3, -0.25) is 4.90 Å². The molecule has 22 heavy (non-hydrogen) atoms. The Morgan fingerprint density at radius 2 is 0.727 bits per heavy atom. The van der Waals surface area contributed by atoms with Crippen molar-refractivity contribution in [2.45, 2.75) is 58.9 Å². The minimum Gasteiger partial charge on any atom is -0.416 e. The SMILES string of the molecule is C[Si](C)(C)OCCN(CCO[Si](C)(C)C)CCO[Si](C)(C)C. The lowest BCUT2D eigenvalue weighted by Crippen LogP contribution is -2.39. The van der Waals surface area contributed by atoms with Crippen molar-refractivity contribution in [3.8, 4) is 0 Å². The first-order valence-corrected chi connectivity index (χ1v) is 18.7. The summed E-state index contributed by atoms with van der Waals surface area (Å²) >= 11 is 0. The number of hydrogen-bond acceptors (Lipinski definition) is 4. The fourth-order valence-electron chi connectivity index (χ4n) is 1.78. The van der Waals surface area contributed by atoms with Crippen LogP contribution in [0.15, 0.2) is 0 Å². The van der Waals surface area contributed by atoms with Crippen LogP contribution >= 0.6 is 0 Å². The summed E-state index contributed by atoms with van der Waals surface area (Å²) in [6.45, 7) is 25.5. The van der Waals surface area contributed by atoms with Crippen molar-refractivity contribution < 1.29 is 13.3 Å². The van der Waals surface area contributed by atoms with Gasteiger partial charge in [0.05, 0.1) is 0 Å². The predicted octanol–water partition coefficient (Wildman–Crippen LogP) is 3.84. The van der Waals surface area contributed by atoms with Crippen LogP contribution in [0.25, 0.3) is 0 Å². The van der Waals surface area contributed by atoms with Gasteiger partial charge in [-0.25, -0.2) is 0 Å². The molecule has 0 bridgehead atoms. The average molecular weight is 366 g/mol. The molecular weight excluding hydrogens is 326 g/mol. The summed E-state index contributed by atoms with van der Waals surface area (Å²) in [7, 11) is -4.27. The molecule has 4 nitrogen and oxygen atoms in total. The molecule has 0 aromatic heterocycles. The fraction of sp³-hybridized carbons (Fsp3) is 1.00. The Morgan fingerprint density at radius 1 is 0.500 bits per heavy atom. The third-order valence-corrected chi connectivity index (χ3v) is 6.04. The van der Waals surface area contributed by atoms with E-state index in [0.29, 0.717) is 0 Å². The van der Waals surface area contributed by atoms with E-state index >= 15 is 0 Å². The van der Waals surface area contributed by atoms with Crippen molar-refractivity contribution in [1.29, 1.82) is 0 Å². The van der Waals surface area contributed by atoms with Gasteiger partial charge in [0.2, 0.25) is 0 Å². The van der Waals surface area contributed by atoms with E-state index < -0.39 is 25.0 Å². The molecule has 0 N–H and O–H groups in total. The summed E-state index contributed by atoms with van der Waals surface area (Å²) in [6, 6.07) is 0. The molecule has 0 fully saturated rings. The van der Waals surface area contributed by atoms with E-state index in [9.17, 15) is 0 Å². The topological polar surface area (TPSA) is 30.9 Å². The minimum atomic E-state index is -1.42. The molecule has 134 valence electrons. The summed E-state index contributed by atoms with van der Waals surface area (Å²) in [5, 5.41) is 0. The lowest BCUT2D eigenvalue weighted by molar-refractivity contribution is 0.149. The van der Waals surface area contributed by atoms with Crippen molar-refractivity contribution in [2.24, 2.45) is 0 Å². The van der Waals surface area contributed by atoms with Crippen molar-refractivity contribution in [2.75, 3.05) is 39.5 Å². The van der Waals surface area contributed by atoms with Crippen LogP contribution in [0.1, 0.15) is 0 Å². The fourth-order valence-corrected chi connectivity index (χ4v) is 3.89. The summed E-state index contributed by atoms with van der Waals surface area (Å²) in [6.07, 6.45) is 0. The van der Waals surface area contributed by atoms with E-state index in [1.807, 2.05) is 0 Å². The highest BCUT2D eigenvalue weighted by Gasteiger charge is 2.18. The van der Waals surface area contributed by atoms with Crippen LogP contribution in [0.4, 0.5) is 0 Å². The summed E-state index contributed by atoms with van der Waals surface area (Å²) in [5.41, 5.74) is 0. The van der Waals surface area contributed by atoms with Gasteiger partial charge in [-0.15, -0.1) is 0 Å². The summed E-state index contributed by atoms with van der Waals surface area (Å²) in [5.74, 6) is 0. The Hall–Kier alpha value is 0.491. The first kappa shape index (κ1) is 22.5. The molecule has 0 saturated heterocycles. The second-order valence-electron chi connectivity index (χ2n) is 8.72. The third-order valence-electron chi connectivity index (χ3n) is 2.83. The van der Waals surface area contributed by atoms with Gasteiger partial charge < -0.3 is 13.3 Å². The second kappa shape index (κ2) is 9.71. The highest BCUT2D eigenvalue weighted by atomic mass is 28.4. The van der Waals surface area contributed by atoms with Crippen molar-refractivity contribution in [3.05, 3.63) is 0 Å². The van der Waals surface area contributed by atoms with Crippen LogP contribution in [0.5, 0.6) is 0 Å². The molecule has 0 radical (unpaired) electrons. The van der Waals surface area contributed by atoms with Crippen molar-refractivity contribution in [3.63, 3.8) is 0 Å². The van der Waals surface area contributed by atoms with Gasteiger partial charge in [-0.2, -0.15) is 0 Å². The molecule has 0 rings (SSSR count). The monoisotopic (exact) mass is 365 g/mol. The molecule has 0 unspecified atom stereocenters. The maximum atomic E-state index is 5.99. The molecule has 0 aliphatic rings. The van der Waals surface area contributed by atoms with Crippen LogP contribution in [-0.2, 0) is 13.3 Å². The molecule has 0 aliphatic heterocycles. The molecule has 0 aromatic carbocycles. The van der Waals surface area contributed by atoms with E-state index in [-0.39, 0.29) is 0 Å². The molecule has 7 heteroatoms. The number of nitrogens with zero attached hydrogens (tertiary/aromatic N) is 1. The van der Waals surface area contributed by atoms with Gasteiger partial charge >= 0.3 is 0 Å². The summed E-state index contributed by atoms with van der Waals surface area (Å²) < 4.78 is 18.0. The molecule has 0 aromatic rings. The highest BCUT2D eigenvalue weighted by Crippen LogP contribution is 2.06. The zero-order valence-corrected chi connectivity index (χ0v) is 19.4. The van der Waals surface area contributed by atoms with E-state index in [0.717, 1.165) is 39.5 Å². The molecule has 0 atom stereocenters. The van der Waals surface area contributed by atoms with Gasteiger partial charge in [0.15, 0.2) is 25.0 Å². The van der Waals surface area contributed by atoms with Gasteiger partial charge in [0.25, 0.3) is 0 Å². The zero-order chi connectivity index (χ0) is 17.4. The normalized spacial score (nSPS) is 13.9. The molecule has 0 amide bonds. The quantitative estimate of drug-likeness (QED) is 0.492. The molecule has 0 heterocycles. The van der Waals surface area contributed by atoms with Crippen LogP contribution in [0.2, 0.25) is 58.9 Å². The van der Waals surface area contributed by atoms with Crippen molar-refractivity contribution >= 4 is 25.0 Å². The highest BCUT2D eigenvalue weighted by molar-refractivity contribution is 6.70. The zero-order valence-electron chi connectivity index (χ0n) is 16.4. The third kappa shape index (κ3) is 16.9. The lowest BCUT2D eigenvalue weighted by Gasteiger charge is -2.27. The largest absolute Gasteiger partial charge is 0.416 e. The van der Waals surface area contributed by atoms with Crippen LogP contribution in [0, 0.1) is 0 Å². The summed E-state index contributed by atoms with van der Waals surface area (Å²) in [4.78, 5) is 2.42. The Bertz CT molecular complexity index is 248. The van der Waals surface area contributed by atoms with Gasteiger partial charge in [-0.1, -0.05) is 0 Å². The Morgan fingerprint density at radius 3 is 0.909 bits per heavy atom. The predicted molar refractivity (Wildman–Crippen MR) is 104 cm³/mol. The van der Waals surface area contributed by atoms with Crippen molar-refractivity contribution in [1.82, 2.24) is 4.90 Å². The number of rotatable bonds is 12. The molecular formula is C15H39NO3Si3. The number of hydrogen-bond donors (Lipinski definition) is 0. The minimum absolute atomic E-state index is 0.815. The Kier molecular flexibility index (Phi) is 9.92. The standard InChI is InChI=1S/C15H39NO3Si3/c1-20(2,3)17-13-10-16(11-14-18-21(4,5)6)12-15-19-22(7,8)9/h10-15H2,1-9H3. The molecule has 0 saturated carbocycles. The van der Waals surface area contributed by atoms with E-state index in [2.05, 4.69) is 63.8 Å². The second-order valence-corrected chi connectivity index (χ2v) is 22.3. The Labute approximate surface area is 141 Å². The van der Waals surface area contributed by atoms with Gasteiger partial charge in [0, 0.05) is 39.5 Å². The molecule has 0 spiro atoms. The van der Waals surface area contributed by atoms with E-state index in [1.165, 1.54) is 0 Å². The first-order valence-electron chi connectivity index (χ1n) is 8.43. The Balaban J connectivity index is 4.19. The average Bonchev–Trinajstić information content (AvgIpc) is 2.23. The first-order chi connectivity index (χ1) is 9.79. The maximum absolute atomic E-state index is 5.99. The lowest BCUT2D eigenvalue weighted by atomic mass is 10.4. The van der Waals surface area contributed by atoms with Crippen LogP contribution < -0.4 is 0 Å². The van der Waals surface area contributed by atoms with E-state index in [4.69, 9.17) is 13.3 Å². The van der Waals surface area contributed by atoms with Crippen LogP contribution in [0.3, 0.4) is 0 Å². The maximum Gasteiger partial charge on any atom is 0.183 e. The van der Waals surface area contributed by atoms with Gasteiger partial charge in [-0.05, 0) is 58.9 Å². The molecule has 0 aliphatic carbocycles. The van der Waals surface area contributed by atoms with Gasteiger partial charge in [0.1, 0.15) is 0 Å². The van der Waals surface area contributed by atoms with Crippen LogP contribution in [-0.4, -0.2) is 69.3 Å². The van der Waals surface area contributed by atoms with E-state index in [1.54, 1.807) is 0 Å². The smallest absolute Gasteiger partial charge is 0.183 e.